The van der Waals surface area contributed by atoms with Gasteiger partial charge in [-0.15, -0.1) is 13.2 Å². The van der Waals surface area contributed by atoms with E-state index in [9.17, 15) is 26.3 Å². The average molecular weight is 336 g/mol. The maximum atomic E-state index is 12.4. The summed E-state index contributed by atoms with van der Waals surface area (Å²) in [5, 5.41) is 2.12. The van der Waals surface area contributed by atoms with E-state index in [1.54, 1.807) is 0 Å². The van der Waals surface area contributed by atoms with Gasteiger partial charge < -0.3 is 10.1 Å². The van der Waals surface area contributed by atoms with Crippen LogP contribution in [-0.4, -0.2) is 24.1 Å². The van der Waals surface area contributed by atoms with E-state index in [4.69, 9.17) is 0 Å². The largest absolute Gasteiger partial charge is 0.573 e. The van der Waals surface area contributed by atoms with Crippen LogP contribution < -0.4 is 10.1 Å². The molecule has 1 heterocycles. The summed E-state index contributed by atoms with van der Waals surface area (Å²) in [5.74, 6) is -0.513. The van der Waals surface area contributed by atoms with Crippen LogP contribution in [0.15, 0.2) is 42.7 Å². The lowest BCUT2D eigenvalue weighted by molar-refractivity contribution is -0.274. The van der Waals surface area contributed by atoms with E-state index in [2.05, 4.69) is 15.0 Å². The molecule has 9 heteroatoms. The number of hydrogen-bond donors (Lipinski definition) is 1. The number of anilines is 1. The molecule has 0 atom stereocenters. The molecule has 1 aromatic heterocycles. The zero-order valence-corrected chi connectivity index (χ0v) is 11.4. The van der Waals surface area contributed by atoms with Crippen LogP contribution in [-0.2, 0) is 0 Å². The molecule has 0 aliphatic rings. The molecule has 2 aromatic rings. The first-order chi connectivity index (χ1) is 10.7. The highest BCUT2D eigenvalue weighted by molar-refractivity contribution is 5.81. The molecule has 1 N–H and O–H groups in total. The highest BCUT2D eigenvalue weighted by Gasteiger charge is 2.32. The number of para-hydroxylation sites is 1. The Kier molecular flexibility index (Phi) is 4.67. The molecule has 0 spiro atoms. The van der Waals surface area contributed by atoms with Gasteiger partial charge in [-0.25, -0.2) is 0 Å². The first-order valence-electron chi connectivity index (χ1n) is 6.25. The lowest BCUT2D eigenvalue weighted by Crippen LogP contribution is -2.21. The van der Waals surface area contributed by atoms with Gasteiger partial charge in [0, 0.05) is 17.3 Å². The van der Waals surface area contributed by atoms with E-state index in [1.165, 1.54) is 30.5 Å². The van der Waals surface area contributed by atoms with Crippen molar-refractivity contribution in [3.63, 3.8) is 0 Å². The Morgan fingerprint density at radius 1 is 0.957 bits per heavy atom. The molecule has 0 bridgehead atoms. The third-order valence-corrected chi connectivity index (χ3v) is 2.70. The van der Waals surface area contributed by atoms with Crippen LogP contribution in [0.5, 0.6) is 5.75 Å². The number of benzene rings is 1. The Bertz CT molecular complexity index is 669. The minimum absolute atomic E-state index is 0.00287. The third-order valence-electron chi connectivity index (χ3n) is 2.70. The molecule has 23 heavy (non-hydrogen) atoms. The molecule has 0 aliphatic heterocycles. The van der Waals surface area contributed by atoms with Crippen molar-refractivity contribution in [1.82, 2.24) is 4.98 Å². The molecule has 124 valence electrons. The van der Waals surface area contributed by atoms with Gasteiger partial charge in [0.2, 0.25) is 0 Å². The minimum Gasteiger partial charge on any atom is -0.405 e. The van der Waals surface area contributed by atoms with E-state index in [0.29, 0.717) is 0 Å². The number of alkyl halides is 6. The molecule has 0 amide bonds. The maximum absolute atomic E-state index is 12.4. The van der Waals surface area contributed by atoms with Gasteiger partial charge in [0.1, 0.15) is 12.3 Å². The summed E-state index contributed by atoms with van der Waals surface area (Å²) < 4.78 is 78.2. The molecule has 0 unspecified atom stereocenters. The molecule has 0 saturated heterocycles. The molecule has 2 rings (SSSR count). The number of nitrogens with zero attached hydrogens (tertiary/aromatic N) is 1. The monoisotopic (exact) mass is 336 g/mol. The molecule has 0 fully saturated rings. The van der Waals surface area contributed by atoms with E-state index >= 15 is 0 Å². The van der Waals surface area contributed by atoms with Gasteiger partial charge in [0.25, 0.3) is 0 Å². The number of nitrogens with one attached hydrogen (secondary N) is 1. The van der Waals surface area contributed by atoms with Gasteiger partial charge in [-0.1, -0.05) is 18.2 Å². The number of ether oxygens (including phenoxy) is 1. The molecular formula is C14H10F6N2O. The van der Waals surface area contributed by atoms with Crippen molar-refractivity contribution in [3.05, 3.63) is 42.7 Å². The van der Waals surface area contributed by atoms with Crippen molar-refractivity contribution in [2.45, 2.75) is 12.5 Å². The summed E-state index contributed by atoms with van der Waals surface area (Å²) >= 11 is 0. The van der Waals surface area contributed by atoms with Crippen LogP contribution in [0.1, 0.15) is 0 Å². The summed E-state index contributed by atoms with van der Waals surface area (Å²) in [6, 6.07) is 6.48. The molecule has 0 saturated carbocycles. The smallest absolute Gasteiger partial charge is 0.405 e. The Hall–Kier alpha value is -2.45. The van der Waals surface area contributed by atoms with E-state index in [0.717, 1.165) is 12.3 Å². The first-order valence-corrected chi connectivity index (χ1v) is 6.25. The molecular weight excluding hydrogens is 326 g/mol. The number of rotatable bonds is 4. The molecule has 0 aliphatic carbocycles. The number of pyridine rings is 1. The number of aromatic nitrogens is 1. The predicted octanol–water partition coefficient (Wildman–Crippen LogP) is 4.62. The van der Waals surface area contributed by atoms with Crippen molar-refractivity contribution in [2.75, 3.05) is 11.9 Å². The second kappa shape index (κ2) is 6.35. The van der Waals surface area contributed by atoms with Crippen LogP contribution in [0, 0.1) is 0 Å². The van der Waals surface area contributed by atoms with Gasteiger partial charge in [0.05, 0.1) is 11.9 Å². The highest BCUT2D eigenvalue weighted by Crippen LogP contribution is 2.37. The fourth-order valence-corrected chi connectivity index (χ4v) is 1.87. The summed E-state index contributed by atoms with van der Waals surface area (Å²) in [6.45, 7) is -1.34. The quantitative estimate of drug-likeness (QED) is 0.827. The minimum atomic E-state index is -4.91. The third kappa shape index (κ3) is 5.04. The van der Waals surface area contributed by atoms with Gasteiger partial charge in [-0.3, -0.25) is 4.98 Å². The fraction of sp³-hybridized carbons (Fsp3) is 0.214. The van der Waals surface area contributed by atoms with E-state index in [1.807, 2.05) is 0 Å². The second-order valence-electron chi connectivity index (χ2n) is 4.43. The lowest BCUT2D eigenvalue weighted by atomic mass is 10.0. The maximum Gasteiger partial charge on any atom is 0.573 e. The SMILES string of the molecule is FC(F)(F)CNc1cnccc1-c1ccccc1OC(F)(F)F. The van der Waals surface area contributed by atoms with Gasteiger partial charge in [-0.2, -0.15) is 13.2 Å². The normalized spacial score (nSPS) is 12.1. The van der Waals surface area contributed by atoms with Crippen LogP contribution in [0.4, 0.5) is 32.0 Å². The van der Waals surface area contributed by atoms with Crippen molar-refractivity contribution in [3.8, 4) is 16.9 Å². The fourth-order valence-electron chi connectivity index (χ4n) is 1.87. The topological polar surface area (TPSA) is 34.2 Å². The standard InChI is InChI=1S/C14H10F6N2O/c15-13(16,17)8-22-11-7-21-6-5-9(11)10-3-1-2-4-12(10)23-14(18,19)20/h1-7,22H,8H2. The van der Waals surface area contributed by atoms with Crippen LogP contribution >= 0.6 is 0 Å². The Morgan fingerprint density at radius 3 is 2.30 bits per heavy atom. The van der Waals surface area contributed by atoms with Crippen LogP contribution in [0.3, 0.4) is 0 Å². The summed E-state index contributed by atoms with van der Waals surface area (Å²) in [4.78, 5) is 3.68. The van der Waals surface area contributed by atoms with Crippen molar-refractivity contribution in [1.29, 1.82) is 0 Å². The van der Waals surface area contributed by atoms with Gasteiger partial charge in [0.15, 0.2) is 0 Å². The van der Waals surface area contributed by atoms with E-state index in [-0.39, 0.29) is 16.8 Å². The predicted molar refractivity (Wildman–Crippen MR) is 70.9 cm³/mol. The zero-order valence-electron chi connectivity index (χ0n) is 11.4. The molecule has 1 aromatic carbocycles. The molecule has 0 radical (unpaired) electrons. The van der Waals surface area contributed by atoms with Crippen molar-refractivity contribution in [2.24, 2.45) is 0 Å². The van der Waals surface area contributed by atoms with Gasteiger partial charge >= 0.3 is 12.5 Å². The highest BCUT2D eigenvalue weighted by atomic mass is 19.4. The van der Waals surface area contributed by atoms with E-state index < -0.39 is 24.8 Å². The number of hydrogen-bond acceptors (Lipinski definition) is 3. The Labute approximate surface area is 126 Å². The van der Waals surface area contributed by atoms with Gasteiger partial charge in [-0.05, 0) is 12.1 Å². The van der Waals surface area contributed by atoms with Crippen molar-refractivity contribution < 1.29 is 31.1 Å². The zero-order chi connectivity index (χ0) is 17.1. The summed E-state index contributed by atoms with van der Waals surface area (Å²) in [5.41, 5.74) is 0.0593. The van der Waals surface area contributed by atoms with Crippen molar-refractivity contribution >= 4 is 5.69 Å². The Morgan fingerprint density at radius 2 is 1.65 bits per heavy atom. The lowest BCUT2D eigenvalue weighted by Gasteiger charge is -2.16. The average Bonchev–Trinajstić information content (AvgIpc) is 2.44. The van der Waals surface area contributed by atoms with Crippen LogP contribution in [0.25, 0.3) is 11.1 Å². The second-order valence-corrected chi connectivity index (χ2v) is 4.43. The first kappa shape index (κ1) is 16.9. The number of halogens is 6. The summed E-state index contributed by atoms with van der Waals surface area (Å²) in [6.07, 6.45) is -7.03. The summed E-state index contributed by atoms with van der Waals surface area (Å²) in [7, 11) is 0. The Balaban J connectivity index is 2.39. The molecule has 3 nitrogen and oxygen atoms in total. The van der Waals surface area contributed by atoms with Crippen LogP contribution in [0.2, 0.25) is 0 Å².